The molecule has 7 aromatic rings. The van der Waals surface area contributed by atoms with Gasteiger partial charge in [0.15, 0.2) is 11.4 Å². The molecule has 3 heteroatoms. The fourth-order valence-electron chi connectivity index (χ4n) is 4.77. The van der Waals surface area contributed by atoms with Crippen molar-refractivity contribution in [2.24, 2.45) is 0 Å². The van der Waals surface area contributed by atoms with Gasteiger partial charge in [-0.25, -0.2) is 9.97 Å². The summed E-state index contributed by atoms with van der Waals surface area (Å²) in [5.41, 5.74) is 7.51. The Kier molecular flexibility index (Phi) is 4.46. The van der Waals surface area contributed by atoms with Crippen molar-refractivity contribution < 1.29 is 4.42 Å². The topological polar surface area (TPSA) is 38.9 Å². The number of aromatic nitrogens is 2. The molecule has 35 heavy (non-hydrogen) atoms. The standard InChI is InChI=1S/C32H20N2O/c1-3-9-21(10-4-1)22-15-17-25(18-16-22)32-33-29(24-12-5-2-6-13-24)31-30(34-32)28-26-14-8-7-11-23(26)19-20-27(28)35-31/h1-20H. The molecule has 2 aromatic heterocycles. The lowest BCUT2D eigenvalue weighted by atomic mass is 10.0. The number of fused-ring (bicyclic) bond motifs is 5. The van der Waals surface area contributed by atoms with Crippen LogP contribution < -0.4 is 0 Å². The zero-order valence-corrected chi connectivity index (χ0v) is 18.8. The molecule has 7 rings (SSSR count). The van der Waals surface area contributed by atoms with Crippen LogP contribution in [0, 0.1) is 0 Å². The van der Waals surface area contributed by atoms with Crippen LogP contribution in [0.2, 0.25) is 0 Å². The molecule has 0 atom stereocenters. The third kappa shape index (κ3) is 3.29. The van der Waals surface area contributed by atoms with Crippen LogP contribution in [0.1, 0.15) is 0 Å². The van der Waals surface area contributed by atoms with Crippen molar-refractivity contribution in [1.82, 2.24) is 9.97 Å². The lowest BCUT2D eigenvalue weighted by molar-refractivity contribution is 0.667. The van der Waals surface area contributed by atoms with Crippen LogP contribution in [-0.4, -0.2) is 9.97 Å². The van der Waals surface area contributed by atoms with E-state index in [1.54, 1.807) is 0 Å². The first-order chi connectivity index (χ1) is 17.3. The molecule has 0 N–H and O–H groups in total. The molecule has 0 saturated heterocycles. The molecule has 0 spiro atoms. The van der Waals surface area contributed by atoms with Crippen LogP contribution in [0.4, 0.5) is 0 Å². The molecule has 3 nitrogen and oxygen atoms in total. The Morgan fingerprint density at radius 1 is 0.486 bits per heavy atom. The van der Waals surface area contributed by atoms with Gasteiger partial charge in [0, 0.05) is 11.1 Å². The summed E-state index contributed by atoms with van der Waals surface area (Å²) in [5, 5.41) is 3.32. The average molecular weight is 449 g/mol. The quantitative estimate of drug-likeness (QED) is 0.272. The number of benzene rings is 5. The Bertz CT molecular complexity index is 1820. The summed E-state index contributed by atoms with van der Waals surface area (Å²) >= 11 is 0. The maximum Gasteiger partial charge on any atom is 0.180 e. The maximum atomic E-state index is 6.39. The highest BCUT2D eigenvalue weighted by molar-refractivity contribution is 6.19. The molecule has 2 heterocycles. The summed E-state index contributed by atoms with van der Waals surface area (Å²) in [4.78, 5) is 10.1. The largest absolute Gasteiger partial charge is 0.452 e. The second-order valence-electron chi connectivity index (χ2n) is 8.64. The molecule has 0 aliphatic carbocycles. The molecule has 0 saturated carbocycles. The first-order valence-electron chi connectivity index (χ1n) is 11.7. The van der Waals surface area contributed by atoms with Crippen molar-refractivity contribution in [3.05, 3.63) is 121 Å². The van der Waals surface area contributed by atoms with Gasteiger partial charge >= 0.3 is 0 Å². The van der Waals surface area contributed by atoms with Gasteiger partial charge in [-0.2, -0.15) is 0 Å². The Morgan fingerprint density at radius 2 is 1.11 bits per heavy atom. The highest BCUT2D eigenvalue weighted by Gasteiger charge is 2.19. The Morgan fingerprint density at radius 3 is 1.89 bits per heavy atom. The van der Waals surface area contributed by atoms with Gasteiger partial charge in [-0.3, -0.25) is 0 Å². The summed E-state index contributed by atoms with van der Waals surface area (Å²) in [6.45, 7) is 0. The van der Waals surface area contributed by atoms with E-state index in [2.05, 4.69) is 91.0 Å². The van der Waals surface area contributed by atoms with E-state index in [1.165, 1.54) is 11.1 Å². The van der Waals surface area contributed by atoms with Crippen molar-refractivity contribution >= 4 is 32.8 Å². The second kappa shape index (κ2) is 7.93. The molecule has 0 aliphatic rings. The fraction of sp³-hybridized carbons (Fsp3) is 0. The van der Waals surface area contributed by atoms with Crippen molar-refractivity contribution in [3.63, 3.8) is 0 Å². The predicted molar refractivity (Wildman–Crippen MR) is 143 cm³/mol. The SMILES string of the molecule is c1ccc(-c2ccc(-c3nc(-c4ccccc4)c4oc5ccc6ccccc6c5c4n3)cc2)cc1. The Hall–Kier alpha value is -4.76. The number of hydrogen-bond acceptors (Lipinski definition) is 3. The predicted octanol–water partition coefficient (Wildman–Crippen LogP) is 8.53. The normalized spacial score (nSPS) is 11.4. The van der Waals surface area contributed by atoms with Crippen LogP contribution in [0.5, 0.6) is 0 Å². The first-order valence-corrected chi connectivity index (χ1v) is 11.7. The highest BCUT2D eigenvalue weighted by Crippen LogP contribution is 2.38. The second-order valence-corrected chi connectivity index (χ2v) is 8.64. The molecule has 0 unspecified atom stereocenters. The summed E-state index contributed by atoms with van der Waals surface area (Å²) < 4.78 is 6.39. The molecule has 0 bridgehead atoms. The lowest BCUT2D eigenvalue weighted by Crippen LogP contribution is -1.94. The van der Waals surface area contributed by atoms with Gasteiger partial charge in [0.25, 0.3) is 0 Å². The monoisotopic (exact) mass is 448 g/mol. The fourth-order valence-corrected chi connectivity index (χ4v) is 4.77. The maximum absolute atomic E-state index is 6.39. The highest BCUT2D eigenvalue weighted by atomic mass is 16.3. The van der Waals surface area contributed by atoms with Crippen molar-refractivity contribution in [2.75, 3.05) is 0 Å². The van der Waals surface area contributed by atoms with Crippen molar-refractivity contribution in [3.8, 4) is 33.8 Å². The zero-order chi connectivity index (χ0) is 23.2. The third-order valence-electron chi connectivity index (χ3n) is 6.50. The lowest BCUT2D eigenvalue weighted by Gasteiger charge is -2.07. The van der Waals surface area contributed by atoms with E-state index in [9.17, 15) is 0 Å². The van der Waals surface area contributed by atoms with Crippen LogP contribution in [0.3, 0.4) is 0 Å². The molecule has 5 aromatic carbocycles. The van der Waals surface area contributed by atoms with E-state index in [1.807, 2.05) is 30.3 Å². The van der Waals surface area contributed by atoms with E-state index < -0.39 is 0 Å². The van der Waals surface area contributed by atoms with E-state index in [0.29, 0.717) is 11.4 Å². The molecule has 0 aliphatic heterocycles. The van der Waals surface area contributed by atoms with Crippen LogP contribution >= 0.6 is 0 Å². The van der Waals surface area contributed by atoms with Crippen LogP contribution in [0.25, 0.3) is 66.6 Å². The summed E-state index contributed by atoms with van der Waals surface area (Å²) in [5.74, 6) is 0.687. The molecule has 0 amide bonds. The van der Waals surface area contributed by atoms with Gasteiger partial charge in [-0.1, -0.05) is 115 Å². The zero-order valence-electron chi connectivity index (χ0n) is 18.8. The van der Waals surface area contributed by atoms with E-state index in [4.69, 9.17) is 14.4 Å². The molecular weight excluding hydrogens is 428 g/mol. The summed E-state index contributed by atoms with van der Waals surface area (Å²) in [7, 11) is 0. The summed E-state index contributed by atoms with van der Waals surface area (Å²) in [6, 6.07) is 41.5. The smallest absolute Gasteiger partial charge is 0.180 e. The summed E-state index contributed by atoms with van der Waals surface area (Å²) in [6.07, 6.45) is 0. The van der Waals surface area contributed by atoms with Crippen molar-refractivity contribution in [2.45, 2.75) is 0 Å². The van der Waals surface area contributed by atoms with Crippen molar-refractivity contribution in [1.29, 1.82) is 0 Å². The van der Waals surface area contributed by atoms with Gasteiger partial charge < -0.3 is 4.42 Å². The minimum absolute atomic E-state index is 0.687. The van der Waals surface area contributed by atoms with Gasteiger partial charge in [0.05, 0.1) is 5.39 Å². The minimum atomic E-state index is 0.687. The van der Waals surface area contributed by atoms with Gasteiger partial charge in [0.1, 0.15) is 16.8 Å². The van der Waals surface area contributed by atoms with E-state index >= 15 is 0 Å². The van der Waals surface area contributed by atoms with Crippen LogP contribution in [0.15, 0.2) is 126 Å². The van der Waals surface area contributed by atoms with Gasteiger partial charge in [-0.15, -0.1) is 0 Å². The minimum Gasteiger partial charge on any atom is -0.452 e. The molecule has 164 valence electrons. The number of rotatable bonds is 3. The van der Waals surface area contributed by atoms with Crippen LogP contribution in [-0.2, 0) is 0 Å². The molecule has 0 fully saturated rings. The average Bonchev–Trinajstić information content (AvgIpc) is 3.33. The third-order valence-corrected chi connectivity index (χ3v) is 6.50. The Labute approximate surface area is 202 Å². The number of furan rings is 1. The van der Waals surface area contributed by atoms with E-state index in [-0.39, 0.29) is 0 Å². The first kappa shape index (κ1) is 19.7. The Balaban J connectivity index is 1.50. The van der Waals surface area contributed by atoms with Gasteiger partial charge in [0.2, 0.25) is 0 Å². The number of nitrogens with zero attached hydrogens (tertiary/aromatic N) is 2. The number of hydrogen-bond donors (Lipinski definition) is 0. The molecular formula is C32H20N2O. The van der Waals surface area contributed by atoms with Gasteiger partial charge in [-0.05, 0) is 28.0 Å². The van der Waals surface area contributed by atoms with E-state index in [0.717, 1.165) is 44.1 Å². The molecule has 0 radical (unpaired) electrons.